The lowest BCUT2D eigenvalue weighted by Gasteiger charge is -2.02. The molecule has 0 aliphatic carbocycles. The highest BCUT2D eigenvalue weighted by atomic mass is 79.9. The smallest absolute Gasteiger partial charge is 0.108 e. The lowest BCUT2D eigenvalue weighted by Crippen LogP contribution is -1.99. The van der Waals surface area contributed by atoms with E-state index in [1.54, 1.807) is 11.8 Å². The van der Waals surface area contributed by atoms with Crippen molar-refractivity contribution in [2.24, 2.45) is 0 Å². The minimum atomic E-state index is 1.00. The van der Waals surface area contributed by atoms with Crippen LogP contribution in [0.15, 0.2) is 15.7 Å². The third-order valence-electron chi connectivity index (χ3n) is 1.38. The summed E-state index contributed by atoms with van der Waals surface area (Å²) in [5.74, 6) is 0. The molecule has 1 aromatic heterocycles. The van der Waals surface area contributed by atoms with Crippen molar-refractivity contribution in [3.63, 3.8) is 0 Å². The first-order chi connectivity index (χ1) is 5.29. The Balaban J connectivity index is 2.86. The van der Waals surface area contributed by atoms with E-state index in [-0.39, 0.29) is 0 Å². The fourth-order valence-electron chi connectivity index (χ4n) is 0.925. The van der Waals surface area contributed by atoms with E-state index in [9.17, 15) is 0 Å². The maximum Gasteiger partial charge on any atom is 0.108 e. The molecule has 1 rings (SSSR count). The average molecular weight is 235 g/mol. The predicted octanol–water partition coefficient (Wildman–Crippen LogP) is 2.78. The van der Waals surface area contributed by atoms with Gasteiger partial charge in [-0.3, -0.25) is 4.68 Å². The summed E-state index contributed by atoms with van der Waals surface area (Å²) < 4.78 is 3.12. The molecule has 0 amide bonds. The number of hydrogen-bond donors (Lipinski definition) is 0. The van der Waals surface area contributed by atoms with Crippen LogP contribution in [0.2, 0.25) is 0 Å². The zero-order chi connectivity index (χ0) is 8.27. The monoisotopic (exact) mass is 234 g/mol. The summed E-state index contributed by atoms with van der Waals surface area (Å²) in [6.45, 7) is 3.15. The summed E-state index contributed by atoms with van der Waals surface area (Å²) in [5.41, 5.74) is 0. The van der Waals surface area contributed by atoms with Gasteiger partial charge in [0.25, 0.3) is 0 Å². The maximum absolute atomic E-state index is 4.23. The molecular formula is C7H11BrN2S. The van der Waals surface area contributed by atoms with Gasteiger partial charge in [-0.15, -0.1) is 11.8 Å². The van der Waals surface area contributed by atoms with Gasteiger partial charge in [-0.1, -0.05) is 6.92 Å². The normalized spacial score (nSPS) is 10.5. The molecule has 0 atom stereocenters. The molecule has 62 valence electrons. The Morgan fingerprint density at radius 1 is 1.73 bits per heavy atom. The number of thioether (sulfide) groups is 1. The van der Waals surface area contributed by atoms with Crippen LogP contribution < -0.4 is 0 Å². The third kappa shape index (κ3) is 1.99. The minimum Gasteiger partial charge on any atom is -0.258 e. The van der Waals surface area contributed by atoms with Gasteiger partial charge in [0.15, 0.2) is 0 Å². The van der Waals surface area contributed by atoms with Crippen LogP contribution in [0.5, 0.6) is 0 Å². The molecule has 0 aromatic carbocycles. The van der Waals surface area contributed by atoms with Crippen LogP contribution in [0.4, 0.5) is 0 Å². The van der Waals surface area contributed by atoms with Crippen molar-refractivity contribution in [1.29, 1.82) is 0 Å². The van der Waals surface area contributed by atoms with Crippen LogP contribution in [0.25, 0.3) is 0 Å². The molecule has 0 saturated heterocycles. The van der Waals surface area contributed by atoms with Crippen LogP contribution in [0, 0.1) is 0 Å². The van der Waals surface area contributed by atoms with E-state index in [1.165, 1.54) is 5.03 Å². The first kappa shape index (κ1) is 9.13. The molecule has 0 unspecified atom stereocenters. The van der Waals surface area contributed by atoms with Gasteiger partial charge in [-0.25, -0.2) is 0 Å². The van der Waals surface area contributed by atoms with Gasteiger partial charge >= 0.3 is 0 Å². The second kappa shape index (κ2) is 4.16. The summed E-state index contributed by atoms with van der Waals surface area (Å²) in [6, 6.07) is 0. The molecule has 2 nitrogen and oxygen atoms in total. The zero-order valence-electron chi connectivity index (χ0n) is 6.67. The fourth-order valence-corrected chi connectivity index (χ4v) is 2.30. The van der Waals surface area contributed by atoms with Crippen LogP contribution in [-0.4, -0.2) is 16.0 Å². The van der Waals surface area contributed by atoms with E-state index < -0.39 is 0 Å². The number of rotatable bonds is 3. The summed E-state index contributed by atoms with van der Waals surface area (Å²) >= 11 is 5.17. The van der Waals surface area contributed by atoms with Crippen LogP contribution >= 0.6 is 27.7 Å². The zero-order valence-corrected chi connectivity index (χ0v) is 9.07. The number of hydrogen-bond acceptors (Lipinski definition) is 2. The number of nitrogens with zero attached hydrogens (tertiary/aromatic N) is 2. The molecule has 0 aliphatic heterocycles. The Kier molecular flexibility index (Phi) is 3.45. The molecule has 0 spiro atoms. The van der Waals surface area contributed by atoms with Gasteiger partial charge < -0.3 is 0 Å². The second-order valence-electron chi connectivity index (χ2n) is 2.22. The van der Waals surface area contributed by atoms with Crippen LogP contribution in [-0.2, 0) is 6.54 Å². The molecule has 1 heterocycles. The first-order valence-electron chi connectivity index (χ1n) is 3.55. The van der Waals surface area contributed by atoms with Crippen molar-refractivity contribution in [2.45, 2.75) is 24.9 Å². The number of aryl methyl sites for hydroxylation is 1. The third-order valence-corrected chi connectivity index (χ3v) is 3.04. The molecule has 11 heavy (non-hydrogen) atoms. The first-order valence-corrected chi connectivity index (χ1v) is 5.56. The second-order valence-corrected chi connectivity index (χ2v) is 3.87. The molecule has 0 aliphatic rings. The predicted molar refractivity (Wildman–Crippen MR) is 52.0 cm³/mol. The summed E-state index contributed by atoms with van der Waals surface area (Å²) in [5, 5.41) is 5.44. The van der Waals surface area contributed by atoms with Crippen molar-refractivity contribution < 1.29 is 0 Å². The van der Waals surface area contributed by atoms with E-state index in [0.717, 1.165) is 17.4 Å². The molecular weight excluding hydrogens is 224 g/mol. The number of aromatic nitrogens is 2. The van der Waals surface area contributed by atoms with Gasteiger partial charge in [0.05, 0.1) is 10.7 Å². The van der Waals surface area contributed by atoms with Gasteiger partial charge in [0.2, 0.25) is 0 Å². The molecule has 0 fully saturated rings. The Morgan fingerprint density at radius 2 is 2.45 bits per heavy atom. The van der Waals surface area contributed by atoms with Crippen molar-refractivity contribution in [3.05, 3.63) is 10.7 Å². The van der Waals surface area contributed by atoms with Crippen LogP contribution in [0.3, 0.4) is 0 Å². The average Bonchev–Trinajstić information content (AvgIpc) is 2.33. The Bertz CT molecular complexity index is 234. The van der Waals surface area contributed by atoms with Gasteiger partial charge in [-0.05, 0) is 28.6 Å². The highest BCUT2D eigenvalue weighted by molar-refractivity contribution is 9.10. The van der Waals surface area contributed by atoms with Gasteiger partial charge in [0, 0.05) is 6.54 Å². The van der Waals surface area contributed by atoms with E-state index >= 15 is 0 Å². The molecule has 0 saturated carbocycles. The highest BCUT2D eigenvalue weighted by Crippen LogP contribution is 2.24. The van der Waals surface area contributed by atoms with Crippen molar-refractivity contribution in [2.75, 3.05) is 6.26 Å². The SMILES string of the molecule is CCCn1ncc(Br)c1SC. The van der Waals surface area contributed by atoms with Crippen LogP contribution in [0.1, 0.15) is 13.3 Å². The molecule has 1 aromatic rings. The van der Waals surface area contributed by atoms with Gasteiger partial charge in [0.1, 0.15) is 5.03 Å². The number of halogens is 1. The van der Waals surface area contributed by atoms with E-state index in [0.29, 0.717) is 0 Å². The quantitative estimate of drug-likeness (QED) is 0.749. The Hall–Kier alpha value is 0.0400. The van der Waals surface area contributed by atoms with Crippen molar-refractivity contribution >= 4 is 27.7 Å². The van der Waals surface area contributed by atoms with E-state index in [2.05, 4.69) is 34.2 Å². The Labute approximate surface area is 79.5 Å². The van der Waals surface area contributed by atoms with Gasteiger partial charge in [-0.2, -0.15) is 5.10 Å². The molecule has 4 heteroatoms. The van der Waals surface area contributed by atoms with E-state index in [4.69, 9.17) is 0 Å². The molecule has 0 radical (unpaired) electrons. The molecule has 0 N–H and O–H groups in total. The Morgan fingerprint density at radius 3 is 3.00 bits per heavy atom. The fraction of sp³-hybridized carbons (Fsp3) is 0.571. The summed E-state index contributed by atoms with van der Waals surface area (Å²) in [4.78, 5) is 0. The lowest BCUT2D eigenvalue weighted by atomic mass is 10.5. The van der Waals surface area contributed by atoms with Crippen molar-refractivity contribution in [1.82, 2.24) is 9.78 Å². The largest absolute Gasteiger partial charge is 0.258 e. The van der Waals surface area contributed by atoms with Crippen molar-refractivity contribution in [3.8, 4) is 0 Å². The summed E-state index contributed by atoms with van der Waals surface area (Å²) in [6.07, 6.45) is 5.04. The molecule has 0 bridgehead atoms. The highest BCUT2D eigenvalue weighted by Gasteiger charge is 2.05. The standard InChI is InChI=1S/C7H11BrN2S/c1-3-4-10-7(11-2)6(8)5-9-10/h5H,3-4H2,1-2H3. The summed E-state index contributed by atoms with van der Waals surface area (Å²) in [7, 11) is 0. The lowest BCUT2D eigenvalue weighted by molar-refractivity contribution is 0.558. The van der Waals surface area contributed by atoms with E-state index in [1.807, 2.05) is 10.9 Å². The topological polar surface area (TPSA) is 17.8 Å². The minimum absolute atomic E-state index is 1.00. The maximum atomic E-state index is 4.23.